The van der Waals surface area contributed by atoms with E-state index >= 15 is 0 Å². The lowest BCUT2D eigenvalue weighted by Gasteiger charge is -2.35. The number of rotatable bonds is 4. The average Bonchev–Trinajstić information content (AvgIpc) is 2.88. The molecule has 0 aliphatic carbocycles. The molecule has 0 aromatic heterocycles. The molecule has 3 rings (SSSR count). The molecule has 2 aliphatic rings. The standard InChI is InChI=1S/C18H26ClN3O3S/c1-24-17-4-3-14(19)11-16(17)20-18(23)22-5-2-10-26-13-15(22)12-21-6-8-25-9-7-21/h3-4,11,15H,2,5-10,12-13H2,1H3,(H,20,23)/t15-/m0/s1. The molecule has 0 bridgehead atoms. The maximum Gasteiger partial charge on any atom is 0.322 e. The van der Waals surface area contributed by atoms with Crippen molar-refractivity contribution in [3.8, 4) is 5.75 Å². The third kappa shape index (κ3) is 5.19. The molecule has 26 heavy (non-hydrogen) atoms. The van der Waals surface area contributed by atoms with E-state index in [1.54, 1.807) is 25.3 Å². The summed E-state index contributed by atoms with van der Waals surface area (Å²) in [5.41, 5.74) is 0.604. The van der Waals surface area contributed by atoms with Gasteiger partial charge in [0.2, 0.25) is 0 Å². The van der Waals surface area contributed by atoms with Crippen molar-refractivity contribution >= 4 is 35.1 Å². The predicted octanol–water partition coefficient (Wildman–Crippen LogP) is 3.02. The maximum atomic E-state index is 13.0. The van der Waals surface area contributed by atoms with Gasteiger partial charge in [0.25, 0.3) is 0 Å². The van der Waals surface area contributed by atoms with Crippen LogP contribution < -0.4 is 10.1 Å². The first-order valence-corrected chi connectivity index (χ1v) is 10.5. The molecule has 1 aromatic carbocycles. The second kappa shape index (κ2) is 9.69. The molecule has 2 aliphatic heterocycles. The molecule has 0 radical (unpaired) electrons. The van der Waals surface area contributed by atoms with Crippen molar-refractivity contribution < 1.29 is 14.3 Å². The lowest BCUT2D eigenvalue weighted by Crippen LogP contribution is -2.51. The Labute approximate surface area is 164 Å². The number of carbonyl (C=O) groups is 1. The molecular weight excluding hydrogens is 374 g/mol. The Kier molecular flexibility index (Phi) is 7.31. The molecule has 2 heterocycles. The van der Waals surface area contributed by atoms with E-state index in [0.717, 1.165) is 57.3 Å². The number of hydrogen-bond acceptors (Lipinski definition) is 5. The van der Waals surface area contributed by atoms with Gasteiger partial charge in [0.15, 0.2) is 0 Å². The quantitative estimate of drug-likeness (QED) is 0.843. The first-order chi connectivity index (χ1) is 12.7. The van der Waals surface area contributed by atoms with E-state index in [-0.39, 0.29) is 12.1 Å². The number of nitrogens with one attached hydrogen (secondary N) is 1. The Hall–Kier alpha value is -1.15. The number of halogens is 1. The van der Waals surface area contributed by atoms with Crippen LogP contribution >= 0.6 is 23.4 Å². The Morgan fingerprint density at radius 3 is 2.96 bits per heavy atom. The fraction of sp³-hybridized carbons (Fsp3) is 0.611. The van der Waals surface area contributed by atoms with Crippen LogP contribution in [-0.2, 0) is 4.74 Å². The van der Waals surface area contributed by atoms with Crippen LogP contribution in [0.1, 0.15) is 6.42 Å². The molecule has 2 fully saturated rings. The van der Waals surface area contributed by atoms with Crippen molar-refractivity contribution in [1.82, 2.24) is 9.80 Å². The lowest BCUT2D eigenvalue weighted by molar-refractivity contribution is 0.0288. The summed E-state index contributed by atoms with van der Waals surface area (Å²) in [5.74, 6) is 2.65. The molecule has 1 aromatic rings. The smallest absolute Gasteiger partial charge is 0.322 e. The Morgan fingerprint density at radius 1 is 1.38 bits per heavy atom. The largest absolute Gasteiger partial charge is 0.495 e. The minimum Gasteiger partial charge on any atom is -0.495 e. The Bertz CT molecular complexity index is 613. The molecule has 0 spiro atoms. The van der Waals surface area contributed by atoms with Gasteiger partial charge in [0, 0.05) is 37.0 Å². The molecule has 0 unspecified atom stereocenters. The molecule has 0 saturated carbocycles. The summed E-state index contributed by atoms with van der Waals surface area (Å²) in [6, 6.07) is 5.33. The van der Waals surface area contributed by atoms with Crippen molar-refractivity contribution in [2.75, 3.05) is 63.3 Å². The van der Waals surface area contributed by atoms with Crippen LogP contribution in [0.2, 0.25) is 5.02 Å². The van der Waals surface area contributed by atoms with Crippen LogP contribution in [-0.4, -0.2) is 79.9 Å². The van der Waals surface area contributed by atoms with E-state index in [4.69, 9.17) is 21.1 Å². The van der Waals surface area contributed by atoms with Gasteiger partial charge in [0.1, 0.15) is 5.75 Å². The number of thioether (sulfide) groups is 1. The van der Waals surface area contributed by atoms with Gasteiger partial charge < -0.3 is 19.7 Å². The van der Waals surface area contributed by atoms with Gasteiger partial charge in [-0.15, -0.1) is 0 Å². The van der Waals surface area contributed by atoms with Gasteiger partial charge >= 0.3 is 6.03 Å². The van der Waals surface area contributed by atoms with Crippen molar-refractivity contribution in [3.63, 3.8) is 0 Å². The summed E-state index contributed by atoms with van der Waals surface area (Å²) in [4.78, 5) is 17.4. The number of nitrogens with zero attached hydrogens (tertiary/aromatic N) is 2. The highest BCUT2D eigenvalue weighted by Gasteiger charge is 2.28. The molecule has 2 amide bonds. The first-order valence-electron chi connectivity index (χ1n) is 8.96. The summed E-state index contributed by atoms with van der Waals surface area (Å²) in [6.07, 6.45) is 1.00. The average molecular weight is 400 g/mol. The van der Waals surface area contributed by atoms with Crippen molar-refractivity contribution in [2.24, 2.45) is 0 Å². The van der Waals surface area contributed by atoms with Crippen molar-refractivity contribution in [1.29, 1.82) is 0 Å². The lowest BCUT2D eigenvalue weighted by atomic mass is 10.2. The Balaban J connectivity index is 1.70. The van der Waals surface area contributed by atoms with Crippen molar-refractivity contribution in [3.05, 3.63) is 23.2 Å². The van der Waals surface area contributed by atoms with Crippen LogP contribution in [0.15, 0.2) is 18.2 Å². The molecule has 6 nitrogen and oxygen atoms in total. The van der Waals surface area contributed by atoms with Gasteiger partial charge in [-0.25, -0.2) is 4.79 Å². The number of methoxy groups -OCH3 is 1. The third-order valence-electron chi connectivity index (χ3n) is 4.68. The number of urea groups is 1. The predicted molar refractivity (Wildman–Crippen MR) is 107 cm³/mol. The SMILES string of the molecule is COc1ccc(Cl)cc1NC(=O)N1CCCSC[C@@H]1CN1CCOCC1. The fourth-order valence-electron chi connectivity index (χ4n) is 3.29. The summed E-state index contributed by atoms with van der Waals surface area (Å²) in [6.45, 7) is 5.04. The number of hydrogen-bond donors (Lipinski definition) is 1. The summed E-state index contributed by atoms with van der Waals surface area (Å²) in [5, 5.41) is 3.56. The maximum absolute atomic E-state index is 13.0. The van der Waals surface area contributed by atoms with Crippen LogP contribution in [0.3, 0.4) is 0 Å². The topological polar surface area (TPSA) is 54.0 Å². The minimum absolute atomic E-state index is 0.0914. The molecule has 144 valence electrons. The number of benzene rings is 1. The molecule has 1 atom stereocenters. The van der Waals surface area contributed by atoms with E-state index in [1.165, 1.54) is 0 Å². The van der Waals surface area contributed by atoms with Gasteiger partial charge in [-0.2, -0.15) is 11.8 Å². The van der Waals surface area contributed by atoms with Gasteiger partial charge in [-0.3, -0.25) is 4.90 Å². The monoisotopic (exact) mass is 399 g/mol. The van der Waals surface area contributed by atoms with Crippen LogP contribution in [0.5, 0.6) is 5.75 Å². The fourth-order valence-corrected chi connectivity index (χ4v) is 4.52. The van der Waals surface area contributed by atoms with Gasteiger partial charge in [-0.05, 0) is 30.4 Å². The summed E-state index contributed by atoms with van der Waals surface area (Å²) < 4.78 is 10.8. The van der Waals surface area contributed by atoms with E-state index < -0.39 is 0 Å². The Morgan fingerprint density at radius 2 is 2.19 bits per heavy atom. The van der Waals surface area contributed by atoms with Crippen LogP contribution in [0, 0.1) is 0 Å². The number of carbonyl (C=O) groups excluding carboxylic acids is 1. The van der Waals surface area contributed by atoms with E-state index in [9.17, 15) is 4.79 Å². The van der Waals surface area contributed by atoms with Gasteiger partial charge in [0.05, 0.1) is 32.1 Å². The number of amides is 2. The minimum atomic E-state index is -0.0914. The van der Waals surface area contributed by atoms with Crippen molar-refractivity contribution in [2.45, 2.75) is 12.5 Å². The first kappa shape index (κ1) is 19.6. The zero-order valence-electron chi connectivity index (χ0n) is 15.1. The highest BCUT2D eigenvalue weighted by molar-refractivity contribution is 7.99. The highest BCUT2D eigenvalue weighted by atomic mass is 35.5. The van der Waals surface area contributed by atoms with E-state index in [2.05, 4.69) is 10.2 Å². The molecule has 8 heteroatoms. The second-order valence-electron chi connectivity index (χ2n) is 6.46. The van der Waals surface area contributed by atoms with E-state index in [0.29, 0.717) is 16.5 Å². The number of ether oxygens (including phenoxy) is 2. The molecule has 2 saturated heterocycles. The normalized spacial score (nSPS) is 21.9. The van der Waals surface area contributed by atoms with Gasteiger partial charge in [-0.1, -0.05) is 11.6 Å². The zero-order valence-corrected chi connectivity index (χ0v) is 16.7. The summed E-state index contributed by atoms with van der Waals surface area (Å²) in [7, 11) is 1.59. The molecule has 1 N–H and O–H groups in total. The second-order valence-corrected chi connectivity index (χ2v) is 8.05. The van der Waals surface area contributed by atoms with E-state index in [1.807, 2.05) is 16.7 Å². The third-order valence-corrected chi connectivity index (χ3v) is 6.11. The number of morpholine rings is 1. The highest BCUT2D eigenvalue weighted by Crippen LogP contribution is 2.28. The van der Waals surface area contributed by atoms with Crippen LogP contribution in [0.25, 0.3) is 0 Å². The summed E-state index contributed by atoms with van der Waals surface area (Å²) >= 11 is 8.01. The molecular formula is C18H26ClN3O3S. The number of anilines is 1. The zero-order chi connectivity index (χ0) is 18.4. The van der Waals surface area contributed by atoms with Crippen LogP contribution in [0.4, 0.5) is 10.5 Å².